The molecule has 0 aromatic carbocycles. The molecule has 1 rings (SSSR count). The van der Waals surface area contributed by atoms with Crippen molar-refractivity contribution in [2.24, 2.45) is 11.7 Å². The average molecular weight is 214 g/mol. The first-order valence-corrected chi connectivity index (χ1v) is 5.59. The highest BCUT2D eigenvalue weighted by Crippen LogP contribution is 2.34. The lowest BCUT2D eigenvalue weighted by Crippen LogP contribution is -2.53. The highest BCUT2D eigenvalue weighted by atomic mass is 16.5. The third-order valence-electron chi connectivity index (χ3n) is 3.30. The van der Waals surface area contributed by atoms with Crippen molar-refractivity contribution >= 4 is 5.91 Å². The third-order valence-corrected chi connectivity index (χ3v) is 3.30. The molecule has 0 aromatic heterocycles. The van der Waals surface area contributed by atoms with Crippen LogP contribution in [-0.2, 0) is 9.53 Å². The van der Waals surface area contributed by atoms with Gasteiger partial charge in [-0.1, -0.05) is 13.8 Å². The lowest BCUT2D eigenvalue weighted by atomic mass is 9.80. The maximum atomic E-state index is 11.6. The van der Waals surface area contributed by atoms with Gasteiger partial charge in [0.15, 0.2) is 0 Å². The molecular weight excluding hydrogens is 192 g/mol. The van der Waals surface area contributed by atoms with Gasteiger partial charge in [0.2, 0.25) is 5.91 Å². The molecule has 0 aliphatic heterocycles. The zero-order valence-electron chi connectivity index (χ0n) is 9.88. The number of carbonyl (C=O) groups is 1. The number of hydrogen-bond donors (Lipinski definition) is 2. The number of ether oxygens (including phenoxy) is 1. The quantitative estimate of drug-likeness (QED) is 0.706. The lowest BCUT2D eigenvalue weighted by molar-refractivity contribution is -0.126. The largest absolute Gasteiger partial charge is 0.376 e. The molecule has 0 unspecified atom stereocenters. The molecule has 88 valence electrons. The summed E-state index contributed by atoms with van der Waals surface area (Å²) in [4.78, 5) is 11.6. The molecule has 0 spiro atoms. The zero-order valence-corrected chi connectivity index (χ0v) is 9.88. The van der Waals surface area contributed by atoms with Crippen molar-refractivity contribution in [1.82, 2.24) is 5.32 Å². The van der Waals surface area contributed by atoms with E-state index < -0.39 is 6.04 Å². The van der Waals surface area contributed by atoms with Gasteiger partial charge in [-0.2, -0.15) is 0 Å². The van der Waals surface area contributed by atoms with Gasteiger partial charge in [-0.25, -0.2) is 0 Å². The van der Waals surface area contributed by atoms with Crippen LogP contribution in [0.2, 0.25) is 0 Å². The Hall–Kier alpha value is -0.610. The number of nitrogens with two attached hydrogens (primary N) is 1. The molecule has 1 aliphatic rings. The Kier molecular flexibility index (Phi) is 4.11. The zero-order chi connectivity index (χ0) is 11.5. The van der Waals surface area contributed by atoms with Crippen LogP contribution in [0.15, 0.2) is 0 Å². The van der Waals surface area contributed by atoms with Gasteiger partial charge in [-0.15, -0.1) is 0 Å². The number of methoxy groups -OCH3 is 1. The van der Waals surface area contributed by atoms with E-state index in [1.54, 1.807) is 7.11 Å². The van der Waals surface area contributed by atoms with Crippen molar-refractivity contribution in [1.29, 1.82) is 0 Å². The summed E-state index contributed by atoms with van der Waals surface area (Å²) in [6, 6.07) is -0.418. The normalized spacial score (nSPS) is 20.9. The van der Waals surface area contributed by atoms with E-state index in [1.807, 2.05) is 13.8 Å². The fourth-order valence-corrected chi connectivity index (χ4v) is 1.69. The predicted molar refractivity (Wildman–Crippen MR) is 59.4 cm³/mol. The Morgan fingerprint density at radius 2 is 2.13 bits per heavy atom. The Balaban J connectivity index is 2.33. The van der Waals surface area contributed by atoms with Gasteiger partial charge in [-0.05, 0) is 25.2 Å². The van der Waals surface area contributed by atoms with E-state index in [1.165, 1.54) is 6.42 Å². The molecule has 15 heavy (non-hydrogen) atoms. The first kappa shape index (κ1) is 12.5. The van der Waals surface area contributed by atoms with Crippen molar-refractivity contribution in [3.8, 4) is 0 Å². The number of rotatable bonds is 5. The Morgan fingerprint density at radius 1 is 1.53 bits per heavy atom. The Labute approximate surface area is 91.5 Å². The second-order valence-corrected chi connectivity index (χ2v) is 4.73. The Bertz CT molecular complexity index is 219. The summed E-state index contributed by atoms with van der Waals surface area (Å²) in [6.07, 6.45) is 3.24. The predicted octanol–water partition coefficient (Wildman–Crippen LogP) is 0.655. The molecule has 1 aliphatic carbocycles. The van der Waals surface area contributed by atoms with Gasteiger partial charge in [0.05, 0.1) is 11.6 Å². The van der Waals surface area contributed by atoms with Crippen LogP contribution >= 0.6 is 0 Å². The SMILES string of the molecule is COC1(CNC(=O)[C@@H](N)C(C)C)CCC1. The van der Waals surface area contributed by atoms with Crippen molar-refractivity contribution in [3.63, 3.8) is 0 Å². The number of nitrogens with one attached hydrogen (secondary N) is 1. The average Bonchev–Trinajstić information content (AvgIpc) is 2.15. The van der Waals surface area contributed by atoms with Gasteiger partial charge >= 0.3 is 0 Å². The van der Waals surface area contributed by atoms with E-state index in [4.69, 9.17) is 10.5 Å². The molecule has 1 saturated carbocycles. The van der Waals surface area contributed by atoms with Gasteiger partial charge in [-0.3, -0.25) is 4.79 Å². The van der Waals surface area contributed by atoms with E-state index in [9.17, 15) is 4.79 Å². The monoisotopic (exact) mass is 214 g/mol. The number of amides is 1. The molecule has 0 bridgehead atoms. The van der Waals surface area contributed by atoms with Gasteiger partial charge in [0.25, 0.3) is 0 Å². The van der Waals surface area contributed by atoms with E-state index in [0.717, 1.165) is 12.8 Å². The first-order valence-electron chi connectivity index (χ1n) is 5.59. The summed E-state index contributed by atoms with van der Waals surface area (Å²) < 4.78 is 5.41. The summed E-state index contributed by atoms with van der Waals surface area (Å²) in [6.45, 7) is 4.47. The van der Waals surface area contributed by atoms with E-state index in [-0.39, 0.29) is 17.4 Å². The van der Waals surface area contributed by atoms with Crippen LogP contribution in [0.25, 0.3) is 0 Å². The molecule has 0 aromatic rings. The fourth-order valence-electron chi connectivity index (χ4n) is 1.69. The molecule has 0 saturated heterocycles. The Morgan fingerprint density at radius 3 is 2.47 bits per heavy atom. The van der Waals surface area contributed by atoms with Crippen LogP contribution in [0.4, 0.5) is 0 Å². The van der Waals surface area contributed by atoms with Crippen molar-refractivity contribution in [2.75, 3.05) is 13.7 Å². The summed E-state index contributed by atoms with van der Waals surface area (Å²) in [5.41, 5.74) is 5.62. The van der Waals surface area contributed by atoms with E-state index in [0.29, 0.717) is 6.54 Å². The number of hydrogen-bond acceptors (Lipinski definition) is 3. The summed E-state index contributed by atoms with van der Waals surface area (Å²) in [7, 11) is 1.70. The molecular formula is C11H22N2O2. The van der Waals surface area contributed by atoms with E-state index >= 15 is 0 Å². The smallest absolute Gasteiger partial charge is 0.237 e. The lowest BCUT2D eigenvalue weighted by Gasteiger charge is -2.40. The standard InChI is InChI=1S/C11H22N2O2/c1-8(2)9(12)10(14)13-7-11(15-3)5-4-6-11/h8-9H,4-7,12H2,1-3H3,(H,13,14)/t9-/m0/s1. The molecule has 4 heteroatoms. The highest BCUT2D eigenvalue weighted by molar-refractivity contribution is 5.81. The second kappa shape index (κ2) is 4.94. The molecule has 1 amide bonds. The van der Waals surface area contributed by atoms with Gasteiger partial charge < -0.3 is 15.8 Å². The van der Waals surface area contributed by atoms with Crippen molar-refractivity contribution < 1.29 is 9.53 Å². The summed E-state index contributed by atoms with van der Waals surface area (Å²) in [5, 5.41) is 2.87. The molecule has 4 nitrogen and oxygen atoms in total. The molecule has 0 heterocycles. The third kappa shape index (κ3) is 2.92. The highest BCUT2D eigenvalue weighted by Gasteiger charge is 2.37. The summed E-state index contributed by atoms with van der Waals surface area (Å²) >= 11 is 0. The first-order chi connectivity index (χ1) is 7.01. The fraction of sp³-hybridized carbons (Fsp3) is 0.909. The molecule has 1 fully saturated rings. The van der Waals surface area contributed by atoms with Crippen LogP contribution in [0.3, 0.4) is 0 Å². The van der Waals surface area contributed by atoms with Crippen LogP contribution in [-0.4, -0.2) is 31.2 Å². The molecule has 3 N–H and O–H groups in total. The van der Waals surface area contributed by atoms with Gasteiger partial charge in [0.1, 0.15) is 0 Å². The minimum Gasteiger partial charge on any atom is -0.376 e. The van der Waals surface area contributed by atoms with Crippen molar-refractivity contribution in [3.05, 3.63) is 0 Å². The van der Waals surface area contributed by atoms with Crippen LogP contribution in [0.5, 0.6) is 0 Å². The second-order valence-electron chi connectivity index (χ2n) is 4.73. The summed E-state index contributed by atoms with van der Waals surface area (Å²) in [5.74, 6) is 0.0956. The maximum absolute atomic E-state index is 11.6. The number of carbonyl (C=O) groups excluding carboxylic acids is 1. The van der Waals surface area contributed by atoms with Crippen LogP contribution in [0.1, 0.15) is 33.1 Å². The minimum atomic E-state index is -0.418. The van der Waals surface area contributed by atoms with Crippen molar-refractivity contribution in [2.45, 2.75) is 44.8 Å². The van der Waals surface area contributed by atoms with Gasteiger partial charge in [0, 0.05) is 13.7 Å². The molecule has 0 radical (unpaired) electrons. The minimum absolute atomic E-state index is 0.0756. The van der Waals surface area contributed by atoms with Crippen LogP contribution < -0.4 is 11.1 Å². The maximum Gasteiger partial charge on any atom is 0.237 e. The topological polar surface area (TPSA) is 64.3 Å². The van der Waals surface area contributed by atoms with Crippen LogP contribution in [0, 0.1) is 5.92 Å². The van der Waals surface area contributed by atoms with E-state index in [2.05, 4.69) is 5.32 Å². The molecule has 1 atom stereocenters.